The quantitative estimate of drug-likeness (QED) is 0.805. The van der Waals surface area contributed by atoms with Crippen LogP contribution in [0.4, 0.5) is 0 Å². The largest absolute Gasteiger partial charge is 0.481 e. The lowest BCUT2D eigenvalue weighted by Gasteiger charge is -2.24. The number of hydrogen-bond donors (Lipinski definition) is 0. The molecule has 0 aromatic carbocycles. The van der Waals surface area contributed by atoms with Crippen LogP contribution in [0.5, 0.6) is 5.88 Å². The van der Waals surface area contributed by atoms with E-state index in [2.05, 4.69) is 24.0 Å². The lowest BCUT2D eigenvalue weighted by molar-refractivity contribution is 0.0776. The van der Waals surface area contributed by atoms with Gasteiger partial charge in [0.25, 0.3) is 5.91 Å². The number of nitrogens with zero attached hydrogens (tertiary/aromatic N) is 4. The van der Waals surface area contributed by atoms with Gasteiger partial charge in [0.15, 0.2) is 5.82 Å². The van der Waals surface area contributed by atoms with Crippen molar-refractivity contribution in [3.05, 3.63) is 35.6 Å². The van der Waals surface area contributed by atoms with E-state index in [1.54, 1.807) is 25.4 Å². The van der Waals surface area contributed by atoms with Crippen molar-refractivity contribution < 1.29 is 14.1 Å². The molecule has 2 aromatic rings. The summed E-state index contributed by atoms with van der Waals surface area (Å²) in [5.41, 5.74) is 0.411. The molecular formula is C20H26N4O3. The fourth-order valence-corrected chi connectivity index (χ4v) is 4.51. The molecule has 1 aliphatic heterocycles. The molecule has 7 nitrogen and oxygen atoms in total. The first-order chi connectivity index (χ1) is 13.0. The number of ether oxygens (including phenoxy) is 1. The molecule has 0 radical (unpaired) electrons. The number of amides is 1. The highest BCUT2D eigenvalue weighted by Crippen LogP contribution is 2.49. The van der Waals surface area contributed by atoms with Crippen molar-refractivity contribution in [3.63, 3.8) is 0 Å². The third kappa shape index (κ3) is 3.19. The van der Waals surface area contributed by atoms with Crippen LogP contribution >= 0.6 is 0 Å². The molecule has 7 heteroatoms. The molecule has 0 spiro atoms. The Hall–Kier alpha value is -2.44. The summed E-state index contributed by atoms with van der Waals surface area (Å²) in [6.45, 7) is 5.65. The van der Waals surface area contributed by atoms with E-state index in [1.807, 2.05) is 4.90 Å². The van der Waals surface area contributed by atoms with Gasteiger partial charge >= 0.3 is 0 Å². The van der Waals surface area contributed by atoms with Gasteiger partial charge in [-0.05, 0) is 30.7 Å². The molecule has 2 aliphatic rings. The third-order valence-corrected chi connectivity index (χ3v) is 5.85. The van der Waals surface area contributed by atoms with Gasteiger partial charge in [0.2, 0.25) is 11.8 Å². The van der Waals surface area contributed by atoms with Crippen molar-refractivity contribution in [2.24, 2.45) is 11.8 Å². The Morgan fingerprint density at radius 3 is 3.00 bits per heavy atom. The van der Waals surface area contributed by atoms with E-state index >= 15 is 0 Å². The average molecular weight is 370 g/mol. The summed E-state index contributed by atoms with van der Waals surface area (Å²) in [4.78, 5) is 23.8. The highest BCUT2D eigenvalue weighted by molar-refractivity contribution is 5.94. The van der Waals surface area contributed by atoms with Crippen LogP contribution in [0.1, 0.15) is 55.2 Å². The molecule has 2 aromatic heterocycles. The summed E-state index contributed by atoms with van der Waals surface area (Å²) in [6.07, 6.45) is 5.61. The predicted molar refractivity (Wildman–Crippen MR) is 98.6 cm³/mol. The Labute approximate surface area is 159 Å². The number of aromatic nitrogens is 3. The van der Waals surface area contributed by atoms with Crippen molar-refractivity contribution >= 4 is 5.91 Å². The second-order valence-corrected chi connectivity index (χ2v) is 8.13. The maximum atomic E-state index is 13.0. The van der Waals surface area contributed by atoms with E-state index in [0.29, 0.717) is 35.7 Å². The summed E-state index contributed by atoms with van der Waals surface area (Å²) in [5, 5.41) is 4.32. The molecule has 0 bridgehead atoms. The summed E-state index contributed by atoms with van der Waals surface area (Å²) in [7, 11) is 1.56. The molecule has 2 atom stereocenters. The zero-order valence-electron chi connectivity index (χ0n) is 16.1. The lowest BCUT2D eigenvalue weighted by Crippen LogP contribution is -2.35. The molecule has 4 rings (SSSR count). The van der Waals surface area contributed by atoms with Crippen molar-refractivity contribution in [1.82, 2.24) is 20.0 Å². The Bertz CT molecular complexity index is 817. The summed E-state index contributed by atoms with van der Waals surface area (Å²) in [5.74, 6) is 2.85. The minimum absolute atomic E-state index is 0.00447. The number of methoxy groups -OCH3 is 1. The Morgan fingerprint density at radius 1 is 1.44 bits per heavy atom. The first-order valence-corrected chi connectivity index (χ1v) is 9.64. The standard InChI is InChI=1S/C20H26N4O3/c1-13(2)9-17-22-19(23-27-17)20-8-4-5-15(20)11-24(12-20)18(25)14-6-7-16(26-3)21-10-14/h6-7,10,13,15H,4-5,8-9,11-12H2,1-3H3/t15-,20-/m1/s1. The number of carbonyl (C=O) groups excluding carboxylic acids is 1. The third-order valence-electron chi connectivity index (χ3n) is 5.85. The van der Waals surface area contributed by atoms with Crippen LogP contribution in [-0.2, 0) is 11.8 Å². The summed E-state index contributed by atoms with van der Waals surface area (Å²) in [6, 6.07) is 3.49. The molecule has 0 N–H and O–H groups in total. The molecule has 3 heterocycles. The first-order valence-electron chi connectivity index (χ1n) is 9.64. The van der Waals surface area contributed by atoms with Crippen LogP contribution in [0.2, 0.25) is 0 Å². The predicted octanol–water partition coefficient (Wildman–Crippen LogP) is 2.87. The fourth-order valence-electron chi connectivity index (χ4n) is 4.51. The minimum atomic E-state index is -0.172. The number of hydrogen-bond acceptors (Lipinski definition) is 6. The SMILES string of the molecule is COc1ccc(C(=O)N2C[C@H]3CCC[C@@]3(c3noc(CC(C)C)n3)C2)cn1. The lowest BCUT2D eigenvalue weighted by atomic mass is 9.80. The van der Waals surface area contributed by atoms with Gasteiger partial charge in [-0.2, -0.15) is 4.98 Å². The molecule has 1 saturated carbocycles. The number of carbonyl (C=O) groups is 1. The van der Waals surface area contributed by atoms with E-state index in [-0.39, 0.29) is 11.3 Å². The van der Waals surface area contributed by atoms with Crippen molar-refractivity contribution in [2.45, 2.75) is 44.9 Å². The van der Waals surface area contributed by atoms with Crippen LogP contribution in [0.3, 0.4) is 0 Å². The van der Waals surface area contributed by atoms with Gasteiger partial charge in [-0.3, -0.25) is 4.79 Å². The van der Waals surface area contributed by atoms with E-state index in [1.165, 1.54) is 0 Å². The summed E-state index contributed by atoms with van der Waals surface area (Å²) >= 11 is 0. The molecule has 1 aliphatic carbocycles. The average Bonchev–Trinajstić information content (AvgIpc) is 3.34. The number of likely N-dealkylation sites (tertiary alicyclic amines) is 1. The van der Waals surface area contributed by atoms with Crippen LogP contribution in [-0.4, -0.2) is 46.1 Å². The highest BCUT2D eigenvalue weighted by Gasteiger charge is 2.54. The Balaban J connectivity index is 1.55. The second kappa shape index (κ2) is 6.94. The van der Waals surface area contributed by atoms with E-state index in [0.717, 1.165) is 38.1 Å². The number of fused-ring (bicyclic) bond motifs is 1. The maximum Gasteiger partial charge on any atom is 0.255 e. The van der Waals surface area contributed by atoms with Gasteiger partial charge in [0, 0.05) is 31.8 Å². The smallest absolute Gasteiger partial charge is 0.255 e. The molecule has 27 heavy (non-hydrogen) atoms. The number of pyridine rings is 1. The molecule has 2 fully saturated rings. The fraction of sp³-hybridized carbons (Fsp3) is 0.600. The first kappa shape index (κ1) is 17.9. The zero-order valence-corrected chi connectivity index (χ0v) is 16.1. The van der Waals surface area contributed by atoms with Crippen LogP contribution < -0.4 is 4.74 Å². The van der Waals surface area contributed by atoms with Gasteiger partial charge in [-0.1, -0.05) is 25.4 Å². The van der Waals surface area contributed by atoms with E-state index in [4.69, 9.17) is 14.2 Å². The van der Waals surface area contributed by atoms with Crippen LogP contribution in [0.15, 0.2) is 22.9 Å². The Kier molecular flexibility index (Phi) is 4.61. The van der Waals surface area contributed by atoms with Crippen molar-refractivity contribution in [1.29, 1.82) is 0 Å². The van der Waals surface area contributed by atoms with Gasteiger partial charge in [0.05, 0.1) is 18.1 Å². The van der Waals surface area contributed by atoms with Crippen LogP contribution in [0, 0.1) is 11.8 Å². The van der Waals surface area contributed by atoms with Gasteiger partial charge in [0.1, 0.15) is 0 Å². The van der Waals surface area contributed by atoms with Crippen molar-refractivity contribution in [2.75, 3.05) is 20.2 Å². The van der Waals surface area contributed by atoms with Gasteiger partial charge in [-0.15, -0.1) is 0 Å². The van der Waals surface area contributed by atoms with Crippen LogP contribution in [0.25, 0.3) is 0 Å². The molecule has 1 amide bonds. The topological polar surface area (TPSA) is 81.4 Å². The van der Waals surface area contributed by atoms with Gasteiger partial charge in [-0.25, -0.2) is 4.98 Å². The van der Waals surface area contributed by atoms with Crippen molar-refractivity contribution in [3.8, 4) is 5.88 Å². The molecule has 144 valence electrons. The maximum absolute atomic E-state index is 13.0. The molecular weight excluding hydrogens is 344 g/mol. The zero-order chi connectivity index (χ0) is 19.0. The van der Waals surface area contributed by atoms with E-state index < -0.39 is 0 Å². The normalized spacial score (nSPS) is 24.4. The van der Waals surface area contributed by atoms with E-state index in [9.17, 15) is 4.79 Å². The Morgan fingerprint density at radius 2 is 2.30 bits per heavy atom. The highest BCUT2D eigenvalue weighted by atomic mass is 16.5. The minimum Gasteiger partial charge on any atom is -0.481 e. The molecule has 0 unspecified atom stereocenters. The van der Waals surface area contributed by atoms with Gasteiger partial charge < -0.3 is 14.2 Å². The monoisotopic (exact) mass is 370 g/mol. The molecule has 1 saturated heterocycles. The summed E-state index contributed by atoms with van der Waals surface area (Å²) < 4.78 is 10.6. The second-order valence-electron chi connectivity index (χ2n) is 8.13. The number of rotatable bonds is 5.